The first-order valence-corrected chi connectivity index (χ1v) is 5.32. The Labute approximate surface area is 94.5 Å². The molecule has 3 nitrogen and oxygen atoms in total. The van der Waals surface area contributed by atoms with Crippen molar-refractivity contribution in [3.63, 3.8) is 0 Å². The number of nitrogens with zero attached hydrogens (tertiary/aromatic N) is 2. The highest BCUT2D eigenvalue weighted by Gasteiger charge is 2.29. The number of benzene rings is 1. The van der Waals surface area contributed by atoms with Crippen LogP contribution in [0.3, 0.4) is 0 Å². The fraction of sp³-hybridized carbons (Fsp3) is 0.417. The first kappa shape index (κ1) is 11.1. The highest BCUT2D eigenvalue weighted by atomic mass is 19.1. The Bertz CT molecular complexity index is 408. The molecular formula is C12H15FN2O. The van der Waals surface area contributed by atoms with Crippen LogP contribution in [0.2, 0.25) is 0 Å². The number of carbonyl (C=O) groups is 1. The van der Waals surface area contributed by atoms with E-state index in [1.165, 1.54) is 6.07 Å². The number of carbonyl (C=O) groups excluding carboxylic acids is 1. The highest BCUT2D eigenvalue weighted by Crippen LogP contribution is 2.24. The minimum absolute atomic E-state index is 0.0740. The van der Waals surface area contributed by atoms with E-state index in [1.807, 2.05) is 17.9 Å². The van der Waals surface area contributed by atoms with Crippen LogP contribution in [0, 0.1) is 5.82 Å². The molecule has 4 heteroatoms. The van der Waals surface area contributed by atoms with Crippen molar-refractivity contribution in [2.45, 2.75) is 13.0 Å². The molecule has 16 heavy (non-hydrogen) atoms. The van der Waals surface area contributed by atoms with Gasteiger partial charge in [0.15, 0.2) is 0 Å². The van der Waals surface area contributed by atoms with Gasteiger partial charge in [-0.3, -0.25) is 9.69 Å². The molecule has 0 bridgehead atoms. The molecule has 1 aliphatic heterocycles. The second-order valence-electron chi connectivity index (χ2n) is 4.18. The Morgan fingerprint density at radius 1 is 1.38 bits per heavy atom. The molecule has 0 N–H and O–H groups in total. The molecule has 1 fully saturated rings. The van der Waals surface area contributed by atoms with E-state index in [4.69, 9.17) is 0 Å². The van der Waals surface area contributed by atoms with E-state index in [0.717, 1.165) is 0 Å². The van der Waals surface area contributed by atoms with Gasteiger partial charge in [0, 0.05) is 18.7 Å². The first-order chi connectivity index (χ1) is 7.59. The monoisotopic (exact) mass is 222 g/mol. The van der Waals surface area contributed by atoms with E-state index in [0.29, 0.717) is 18.8 Å². The maximum absolute atomic E-state index is 13.6. The normalized spacial score (nSPS) is 19.2. The Balaban J connectivity index is 2.17. The Kier molecular flexibility index (Phi) is 2.92. The van der Waals surface area contributed by atoms with Crippen molar-refractivity contribution in [3.8, 4) is 0 Å². The Morgan fingerprint density at radius 3 is 2.62 bits per heavy atom. The summed E-state index contributed by atoms with van der Waals surface area (Å²) in [7, 11) is 1.76. The highest BCUT2D eigenvalue weighted by molar-refractivity contribution is 5.79. The topological polar surface area (TPSA) is 23.6 Å². The molecule has 2 rings (SSSR count). The number of hydrogen-bond donors (Lipinski definition) is 0. The zero-order valence-electron chi connectivity index (χ0n) is 9.48. The molecule has 1 amide bonds. The summed E-state index contributed by atoms with van der Waals surface area (Å²) < 4.78 is 13.6. The molecule has 1 saturated heterocycles. The van der Waals surface area contributed by atoms with Gasteiger partial charge in [-0.05, 0) is 13.0 Å². The smallest absolute Gasteiger partial charge is 0.237 e. The fourth-order valence-corrected chi connectivity index (χ4v) is 1.97. The lowest BCUT2D eigenvalue weighted by molar-refractivity contribution is -0.125. The molecule has 86 valence electrons. The van der Waals surface area contributed by atoms with E-state index in [9.17, 15) is 9.18 Å². The van der Waals surface area contributed by atoms with Crippen molar-refractivity contribution >= 4 is 5.91 Å². The average Bonchev–Trinajstić information content (AvgIpc) is 2.59. The summed E-state index contributed by atoms with van der Waals surface area (Å²) in [6, 6.07) is 6.63. The molecule has 1 aliphatic rings. The lowest BCUT2D eigenvalue weighted by atomic mass is 10.1. The van der Waals surface area contributed by atoms with Gasteiger partial charge in [-0.25, -0.2) is 4.39 Å². The summed E-state index contributed by atoms with van der Waals surface area (Å²) in [6.07, 6.45) is 0. The molecule has 0 aliphatic carbocycles. The van der Waals surface area contributed by atoms with E-state index in [2.05, 4.69) is 0 Å². The number of hydrogen-bond acceptors (Lipinski definition) is 2. The average molecular weight is 222 g/mol. The number of halogens is 1. The van der Waals surface area contributed by atoms with Gasteiger partial charge in [0.2, 0.25) is 5.91 Å². The van der Waals surface area contributed by atoms with Crippen molar-refractivity contribution in [2.24, 2.45) is 0 Å². The van der Waals surface area contributed by atoms with E-state index < -0.39 is 0 Å². The van der Waals surface area contributed by atoms with Crippen molar-refractivity contribution in [3.05, 3.63) is 35.6 Å². The van der Waals surface area contributed by atoms with Gasteiger partial charge in [-0.1, -0.05) is 18.2 Å². The van der Waals surface area contributed by atoms with Crippen LogP contribution in [0.1, 0.15) is 18.5 Å². The quantitative estimate of drug-likeness (QED) is 0.759. The van der Waals surface area contributed by atoms with Gasteiger partial charge in [-0.15, -0.1) is 0 Å². The number of amides is 1. The Hall–Kier alpha value is -1.42. The zero-order chi connectivity index (χ0) is 11.7. The third-order valence-corrected chi connectivity index (χ3v) is 3.06. The van der Waals surface area contributed by atoms with Crippen LogP contribution in [0.4, 0.5) is 4.39 Å². The zero-order valence-corrected chi connectivity index (χ0v) is 9.48. The van der Waals surface area contributed by atoms with Crippen LogP contribution < -0.4 is 0 Å². The second kappa shape index (κ2) is 4.22. The predicted octanol–water partition coefficient (Wildman–Crippen LogP) is 1.62. The van der Waals surface area contributed by atoms with Gasteiger partial charge in [0.25, 0.3) is 0 Å². The molecule has 0 aromatic heterocycles. The largest absolute Gasteiger partial charge is 0.332 e. The summed E-state index contributed by atoms with van der Waals surface area (Å²) >= 11 is 0. The van der Waals surface area contributed by atoms with E-state index in [1.54, 1.807) is 24.1 Å². The molecule has 0 radical (unpaired) electrons. The minimum atomic E-state index is -0.211. The van der Waals surface area contributed by atoms with Gasteiger partial charge in [-0.2, -0.15) is 0 Å². The molecule has 1 heterocycles. The van der Waals surface area contributed by atoms with Crippen LogP contribution in [0.5, 0.6) is 0 Å². The molecule has 1 aromatic carbocycles. The number of rotatable bonds is 2. The van der Waals surface area contributed by atoms with Gasteiger partial charge >= 0.3 is 0 Å². The van der Waals surface area contributed by atoms with E-state index in [-0.39, 0.29) is 17.8 Å². The van der Waals surface area contributed by atoms with Crippen molar-refractivity contribution in [1.29, 1.82) is 0 Å². The van der Waals surface area contributed by atoms with Crippen LogP contribution in [0.25, 0.3) is 0 Å². The standard InChI is InChI=1S/C12H15FN2O/c1-9(10-5-3-4-6-11(10)13)15-7-12(16)14(2)8-15/h3-6,9H,7-8H2,1-2H3. The van der Waals surface area contributed by atoms with Crippen LogP contribution >= 0.6 is 0 Å². The summed E-state index contributed by atoms with van der Waals surface area (Å²) in [5.74, 6) is -0.125. The van der Waals surface area contributed by atoms with Gasteiger partial charge < -0.3 is 4.90 Å². The molecule has 0 saturated carbocycles. The second-order valence-corrected chi connectivity index (χ2v) is 4.18. The van der Waals surface area contributed by atoms with Crippen molar-refractivity contribution in [1.82, 2.24) is 9.80 Å². The third kappa shape index (κ3) is 1.93. The molecular weight excluding hydrogens is 207 g/mol. The molecule has 0 spiro atoms. The summed E-state index contributed by atoms with van der Waals surface area (Å²) in [5, 5.41) is 0. The third-order valence-electron chi connectivity index (χ3n) is 3.06. The van der Waals surface area contributed by atoms with Crippen LogP contribution in [-0.4, -0.2) is 36.0 Å². The van der Waals surface area contributed by atoms with Crippen LogP contribution in [0.15, 0.2) is 24.3 Å². The molecule has 1 unspecified atom stereocenters. The molecule has 1 aromatic rings. The van der Waals surface area contributed by atoms with Crippen molar-refractivity contribution in [2.75, 3.05) is 20.3 Å². The maximum Gasteiger partial charge on any atom is 0.237 e. The summed E-state index contributed by atoms with van der Waals surface area (Å²) in [6.45, 7) is 2.85. The van der Waals surface area contributed by atoms with Gasteiger partial charge in [0.1, 0.15) is 5.82 Å². The van der Waals surface area contributed by atoms with Gasteiger partial charge in [0.05, 0.1) is 13.2 Å². The van der Waals surface area contributed by atoms with Crippen molar-refractivity contribution < 1.29 is 9.18 Å². The predicted molar refractivity (Wildman–Crippen MR) is 59.2 cm³/mol. The minimum Gasteiger partial charge on any atom is -0.332 e. The van der Waals surface area contributed by atoms with E-state index >= 15 is 0 Å². The lowest BCUT2D eigenvalue weighted by Crippen LogP contribution is -2.26. The summed E-state index contributed by atoms with van der Waals surface area (Å²) in [4.78, 5) is 15.0. The lowest BCUT2D eigenvalue weighted by Gasteiger charge is -2.23. The first-order valence-electron chi connectivity index (χ1n) is 5.32. The number of likely N-dealkylation sites (N-methyl/N-ethyl adjacent to an activating group) is 1. The SMILES string of the molecule is CC(c1ccccc1F)N1CC(=O)N(C)C1. The Morgan fingerprint density at radius 2 is 2.06 bits per heavy atom. The molecule has 1 atom stereocenters. The van der Waals surface area contributed by atoms with Crippen LogP contribution in [-0.2, 0) is 4.79 Å². The fourth-order valence-electron chi connectivity index (χ4n) is 1.97. The summed E-state index contributed by atoms with van der Waals surface area (Å²) in [5.41, 5.74) is 0.644. The maximum atomic E-state index is 13.6.